The third-order valence-corrected chi connectivity index (χ3v) is 4.17. The highest BCUT2D eigenvalue weighted by molar-refractivity contribution is 6.10. The van der Waals surface area contributed by atoms with Gasteiger partial charge in [0.15, 0.2) is 5.78 Å². The van der Waals surface area contributed by atoms with E-state index in [0.29, 0.717) is 11.3 Å². The number of fused-ring (bicyclic) bond motifs is 1. The van der Waals surface area contributed by atoms with E-state index in [4.69, 9.17) is 4.42 Å². The van der Waals surface area contributed by atoms with Crippen molar-refractivity contribution in [1.82, 2.24) is 0 Å². The van der Waals surface area contributed by atoms with E-state index < -0.39 is 5.92 Å². The molecule has 0 radical (unpaired) electrons. The number of hydrogen-bond acceptors (Lipinski definition) is 3. The van der Waals surface area contributed by atoms with Gasteiger partial charge in [-0.25, -0.2) is 0 Å². The van der Waals surface area contributed by atoms with Gasteiger partial charge in [0.25, 0.3) is 0 Å². The van der Waals surface area contributed by atoms with Gasteiger partial charge in [-0.2, -0.15) is 0 Å². The van der Waals surface area contributed by atoms with Gasteiger partial charge in [-0.1, -0.05) is 55.5 Å². The summed E-state index contributed by atoms with van der Waals surface area (Å²) in [6.07, 6.45) is 0. The van der Waals surface area contributed by atoms with Crippen LogP contribution in [0.1, 0.15) is 35.9 Å². The summed E-state index contributed by atoms with van der Waals surface area (Å²) >= 11 is 0. The molecular formula is C20H18O3. The molecule has 1 aromatic heterocycles. The first-order chi connectivity index (χ1) is 11.1. The summed E-state index contributed by atoms with van der Waals surface area (Å²) in [6.45, 7) is 3.33. The van der Waals surface area contributed by atoms with Crippen molar-refractivity contribution in [2.75, 3.05) is 0 Å². The predicted octanol–water partition coefficient (Wildman–Crippen LogP) is 4.62. The van der Waals surface area contributed by atoms with E-state index in [1.807, 2.05) is 43.3 Å². The Bertz CT molecular complexity index is 812. The molecule has 3 rings (SSSR count). The third kappa shape index (κ3) is 2.95. The fourth-order valence-corrected chi connectivity index (χ4v) is 2.94. The number of hydrogen-bond donors (Lipinski definition) is 0. The first kappa shape index (κ1) is 15.2. The van der Waals surface area contributed by atoms with Gasteiger partial charge >= 0.3 is 0 Å². The number of carbonyl (C=O) groups is 2. The topological polar surface area (TPSA) is 47.3 Å². The molecule has 0 fully saturated rings. The number of Topliss-reactive ketones (excluding diaryl/α,β-unsaturated/α-hetero) is 2. The van der Waals surface area contributed by atoms with Crippen LogP contribution in [0.4, 0.5) is 0 Å². The lowest BCUT2D eigenvalue weighted by Crippen LogP contribution is -2.27. The van der Waals surface area contributed by atoms with Gasteiger partial charge in [0, 0.05) is 16.9 Å². The molecule has 3 aromatic rings. The zero-order valence-electron chi connectivity index (χ0n) is 13.2. The fraction of sp³-hybridized carbons (Fsp3) is 0.200. The molecule has 116 valence electrons. The van der Waals surface area contributed by atoms with Crippen LogP contribution in [0, 0.1) is 5.92 Å². The zero-order valence-corrected chi connectivity index (χ0v) is 13.2. The quantitative estimate of drug-likeness (QED) is 0.510. The maximum Gasteiger partial charge on any atom is 0.174 e. The molecule has 2 aromatic carbocycles. The van der Waals surface area contributed by atoms with Crippen molar-refractivity contribution < 1.29 is 14.0 Å². The number of para-hydroxylation sites is 1. The lowest BCUT2D eigenvalue weighted by atomic mass is 9.82. The van der Waals surface area contributed by atoms with Crippen LogP contribution in [0.2, 0.25) is 0 Å². The summed E-state index contributed by atoms with van der Waals surface area (Å²) in [4.78, 5) is 24.9. The number of rotatable bonds is 5. The number of furan rings is 1. The van der Waals surface area contributed by atoms with E-state index in [2.05, 4.69) is 0 Å². The molecule has 1 heterocycles. The molecule has 0 aliphatic carbocycles. The number of carbonyl (C=O) groups excluding carboxylic acids is 2. The monoisotopic (exact) mass is 306 g/mol. The molecule has 0 saturated heterocycles. The van der Waals surface area contributed by atoms with Gasteiger partial charge in [-0.3, -0.25) is 9.59 Å². The minimum atomic E-state index is -0.738. The molecule has 3 heteroatoms. The SMILES string of the molecule is CC(=O)C(C(=O)c1ccccc1)C(C)c1cc2ccccc2o1. The Balaban J connectivity index is 1.97. The minimum Gasteiger partial charge on any atom is -0.461 e. The van der Waals surface area contributed by atoms with Crippen molar-refractivity contribution >= 4 is 22.5 Å². The van der Waals surface area contributed by atoms with Crippen molar-refractivity contribution in [2.45, 2.75) is 19.8 Å². The summed E-state index contributed by atoms with van der Waals surface area (Å²) < 4.78 is 5.84. The van der Waals surface area contributed by atoms with Gasteiger partial charge in [0.05, 0.1) is 5.92 Å². The Morgan fingerprint density at radius 1 is 0.957 bits per heavy atom. The van der Waals surface area contributed by atoms with Crippen LogP contribution < -0.4 is 0 Å². The zero-order chi connectivity index (χ0) is 16.4. The Hall–Kier alpha value is -2.68. The van der Waals surface area contributed by atoms with Crippen molar-refractivity contribution in [2.24, 2.45) is 5.92 Å². The number of benzene rings is 2. The van der Waals surface area contributed by atoms with Gasteiger partial charge in [0.2, 0.25) is 0 Å². The van der Waals surface area contributed by atoms with E-state index in [1.165, 1.54) is 6.92 Å². The van der Waals surface area contributed by atoms with E-state index in [0.717, 1.165) is 11.0 Å². The molecule has 23 heavy (non-hydrogen) atoms. The third-order valence-electron chi connectivity index (χ3n) is 4.17. The maximum absolute atomic E-state index is 12.8. The maximum atomic E-state index is 12.8. The average Bonchev–Trinajstić information content (AvgIpc) is 2.99. The smallest absolute Gasteiger partial charge is 0.174 e. The second-order valence-electron chi connectivity index (χ2n) is 5.79. The van der Waals surface area contributed by atoms with Crippen LogP contribution in [-0.4, -0.2) is 11.6 Å². The van der Waals surface area contributed by atoms with Gasteiger partial charge in [-0.05, 0) is 19.1 Å². The summed E-state index contributed by atoms with van der Waals surface area (Å²) in [5, 5.41) is 0.976. The van der Waals surface area contributed by atoms with E-state index in [1.54, 1.807) is 24.3 Å². The average molecular weight is 306 g/mol. The minimum absolute atomic E-state index is 0.146. The lowest BCUT2D eigenvalue weighted by Gasteiger charge is -2.18. The second-order valence-corrected chi connectivity index (χ2v) is 5.79. The first-order valence-corrected chi connectivity index (χ1v) is 7.66. The Labute approximate surface area is 134 Å². The Morgan fingerprint density at radius 3 is 2.26 bits per heavy atom. The predicted molar refractivity (Wildman–Crippen MR) is 89.6 cm³/mol. The molecule has 0 amide bonds. The van der Waals surface area contributed by atoms with Gasteiger partial charge in [-0.15, -0.1) is 0 Å². The van der Waals surface area contributed by atoms with Crippen LogP contribution in [0.15, 0.2) is 65.1 Å². The van der Waals surface area contributed by atoms with E-state index in [-0.39, 0.29) is 17.5 Å². The molecular weight excluding hydrogens is 288 g/mol. The van der Waals surface area contributed by atoms with Crippen molar-refractivity contribution in [1.29, 1.82) is 0 Å². The summed E-state index contributed by atoms with van der Waals surface area (Å²) in [6, 6.07) is 18.5. The molecule has 3 nitrogen and oxygen atoms in total. The van der Waals surface area contributed by atoms with Crippen molar-refractivity contribution in [3.8, 4) is 0 Å². The fourth-order valence-electron chi connectivity index (χ4n) is 2.94. The van der Waals surface area contributed by atoms with Gasteiger partial charge < -0.3 is 4.42 Å². The van der Waals surface area contributed by atoms with Crippen LogP contribution in [0.5, 0.6) is 0 Å². The van der Waals surface area contributed by atoms with Crippen molar-refractivity contribution in [3.05, 3.63) is 72.0 Å². The molecule has 0 saturated carbocycles. The highest BCUT2D eigenvalue weighted by atomic mass is 16.3. The van der Waals surface area contributed by atoms with Crippen LogP contribution in [0.3, 0.4) is 0 Å². The van der Waals surface area contributed by atoms with Crippen LogP contribution >= 0.6 is 0 Å². The lowest BCUT2D eigenvalue weighted by molar-refractivity contribution is -0.119. The Kier molecular flexibility index (Phi) is 4.11. The standard InChI is InChI=1S/C20H18O3/c1-13(18-12-16-10-6-7-11-17(16)23-18)19(14(2)21)20(22)15-8-4-3-5-9-15/h3-13,19H,1-2H3. The Morgan fingerprint density at radius 2 is 1.61 bits per heavy atom. The molecule has 0 N–H and O–H groups in total. The summed E-state index contributed by atoms with van der Waals surface area (Å²) in [5.41, 5.74) is 1.32. The van der Waals surface area contributed by atoms with Gasteiger partial charge in [0.1, 0.15) is 17.1 Å². The summed E-state index contributed by atoms with van der Waals surface area (Å²) in [5.74, 6) is -0.695. The largest absolute Gasteiger partial charge is 0.461 e. The molecule has 0 bridgehead atoms. The number of ketones is 2. The summed E-state index contributed by atoms with van der Waals surface area (Å²) in [7, 11) is 0. The normalized spacial score (nSPS) is 13.7. The van der Waals surface area contributed by atoms with E-state index in [9.17, 15) is 9.59 Å². The van der Waals surface area contributed by atoms with Crippen molar-refractivity contribution in [3.63, 3.8) is 0 Å². The second kappa shape index (κ2) is 6.21. The molecule has 0 spiro atoms. The highest BCUT2D eigenvalue weighted by Gasteiger charge is 2.33. The van der Waals surface area contributed by atoms with Crippen LogP contribution in [0.25, 0.3) is 11.0 Å². The van der Waals surface area contributed by atoms with E-state index >= 15 is 0 Å². The molecule has 2 unspecified atom stereocenters. The molecule has 2 atom stereocenters. The highest BCUT2D eigenvalue weighted by Crippen LogP contribution is 2.32. The molecule has 0 aliphatic heterocycles. The molecule has 0 aliphatic rings. The van der Waals surface area contributed by atoms with Crippen LogP contribution in [-0.2, 0) is 4.79 Å². The first-order valence-electron chi connectivity index (χ1n) is 7.66.